The van der Waals surface area contributed by atoms with Crippen LogP contribution >= 0.6 is 0 Å². The third-order valence-electron chi connectivity index (χ3n) is 18.0. The Bertz CT molecular complexity index is 4670. The number of para-hydroxylation sites is 2. The molecule has 0 bridgehead atoms. The summed E-state index contributed by atoms with van der Waals surface area (Å²) >= 11 is 0. The molecule has 3 aliphatic rings. The van der Waals surface area contributed by atoms with Gasteiger partial charge in [0, 0.05) is 66.0 Å². The summed E-state index contributed by atoms with van der Waals surface area (Å²) < 4.78 is 14.1. The lowest BCUT2D eigenvalue weighted by Gasteiger charge is -2.32. The van der Waals surface area contributed by atoms with Gasteiger partial charge in [-0.1, -0.05) is 199 Å². The summed E-state index contributed by atoms with van der Waals surface area (Å²) in [4.78, 5) is 2.50. The average Bonchev–Trinajstić information content (AvgIpc) is 4.33. The normalized spacial score (nSPS) is 15.0. The second-order valence-corrected chi connectivity index (χ2v) is 23.1. The quantitative estimate of drug-likeness (QED) is 0.172. The Hall–Kier alpha value is -8.92. The molecule has 0 aliphatic heterocycles. The van der Waals surface area contributed by atoms with Crippen molar-refractivity contribution in [3.63, 3.8) is 0 Å². The van der Waals surface area contributed by atoms with Crippen molar-refractivity contribution in [2.45, 2.75) is 57.8 Å². The summed E-state index contributed by atoms with van der Waals surface area (Å²) in [7, 11) is 0. The van der Waals surface area contributed by atoms with Crippen molar-refractivity contribution in [2.75, 3.05) is 4.90 Å². The standard InChI is InChI=1S/C73H53NO2/c1-71(2)57-39-46(34-36-51(57)62-59(71)41-55(69-64(62)53-27-15-18-30-60(53)75-69)49-25-13-12-24-48(49)43-21-8-7-9-22-43)74(45-33-32-42-20-10-11-23-44(42)38-45)47-35-37-52-58(40-47)73(5,6)68-66(52)70-65(54-28-16-19-31-61(54)76-70)63-50-26-14-17-29-56(50)72(3,4)67(63)68/h7-41H,1-6H3. The highest BCUT2D eigenvalue weighted by atomic mass is 16.3. The van der Waals surface area contributed by atoms with Crippen molar-refractivity contribution in [3.8, 4) is 55.6 Å². The zero-order chi connectivity index (χ0) is 51.0. The van der Waals surface area contributed by atoms with E-state index < -0.39 is 0 Å². The van der Waals surface area contributed by atoms with Crippen LogP contribution in [-0.2, 0) is 16.2 Å². The Morgan fingerprint density at radius 2 is 0.816 bits per heavy atom. The highest BCUT2D eigenvalue weighted by Crippen LogP contribution is 2.64. The van der Waals surface area contributed by atoms with Gasteiger partial charge in [-0.3, -0.25) is 0 Å². The number of nitrogens with zero attached hydrogens (tertiary/aromatic N) is 1. The molecule has 16 rings (SSSR count). The van der Waals surface area contributed by atoms with Crippen molar-refractivity contribution < 1.29 is 8.83 Å². The van der Waals surface area contributed by atoms with Gasteiger partial charge in [0.15, 0.2) is 0 Å². The average molecular weight is 976 g/mol. The molecule has 0 radical (unpaired) electrons. The number of furan rings is 2. The third-order valence-corrected chi connectivity index (χ3v) is 18.0. The van der Waals surface area contributed by atoms with E-state index in [9.17, 15) is 0 Å². The van der Waals surface area contributed by atoms with Gasteiger partial charge in [0.25, 0.3) is 0 Å². The molecule has 0 amide bonds. The first kappa shape index (κ1) is 43.5. The Morgan fingerprint density at radius 1 is 0.316 bits per heavy atom. The number of benzene rings is 11. The Labute approximate surface area is 442 Å². The van der Waals surface area contributed by atoms with Crippen LogP contribution in [-0.4, -0.2) is 0 Å². The summed E-state index contributed by atoms with van der Waals surface area (Å²) in [6.07, 6.45) is 0. The molecule has 3 nitrogen and oxygen atoms in total. The first-order chi connectivity index (χ1) is 37.0. The first-order valence-corrected chi connectivity index (χ1v) is 26.8. The van der Waals surface area contributed by atoms with E-state index >= 15 is 0 Å². The van der Waals surface area contributed by atoms with Gasteiger partial charge in [0.1, 0.15) is 22.3 Å². The Morgan fingerprint density at radius 3 is 1.54 bits per heavy atom. The lowest BCUT2D eigenvalue weighted by molar-refractivity contribution is 0.600. The molecule has 2 aromatic heterocycles. The number of fused-ring (bicyclic) bond motifs is 20. The minimum atomic E-state index is -0.358. The molecule has 0 unspecified atom stereocenters. The number of rotatable bonds is 5. The van der Waals surface area contributed by atoms with Crippen LogP contribution in [0.4, 0.5) is 17.1 Å². The predicted octanol–water partition coefficient (Wildman–Crippen LogP) is 20.4. The van der Waals surface area contributed by atoms with Gasteiger partial charge in [-0.15, -0.1) is 0 Å². The third kappa shape index (κ3) is 5.67. The first-order valence-electron chi connectivity index (χ1n) is 26.8. The Kier molecular flexibility index (Phi) is 8.65. The van der Waals surface area contributed by atoms with E-state index in [0.717, 1.165) is 55.9 Å². The van der Waals surface area contributed by atoms with Crippen LogP contribution in [0.3, 0.4) is 0 Å². The molecule has 13 aromatic rings. The zero-order valence-corrected chi connectivity index (χ0v) is 43.5. The van der Waals surface area contributed by atoms with Crippen molar-refractivity contribution in [3.05, 3.63) is 246 Å². The molecule has 11 aromatic carbocycles. The molecule has 0 saturated carbocycles. The van der Waals surface area contributed by atoms with Gasteiger partial charge in [-0.2, -0.15) is 0 Å². The van der Waals surface area contributed by atoms with Crippen LogP contribution in [0.5, 0.6) is 0 Å². The Balaban J connectivity index is 0.914. The fourth-order valence-corrected chi connectivity index (χ4v) is 14.4. The summed E-state index contributed by atoms with van der Waals surface area (Å²) in [5.41, 5.74) is 26.5. The van der Waals surface area contributed by atoms with Crippen LogP contribution in [0.25, 0.3) is 110 Å². The minimum Gasteiger partial charge on any atom is -0.455 e. The lowest BCUT2D eigenvalue weighted by Crippen LogP contribution is -2.24. The monoisotopic (exact) mass is 975 g/mol. The van der Waals surface area contributed by atoms with Crippen molar-refractivity contribution in [1.82, 2.24) is 0 Å². The fourth-order valence-electron chi connectivity index (χ4n) is 14.4. The van der Waals surface area contributed by atoms with E-state index in [4.69, 9.17) is 8.83 Å². The van der Waals surface area contributed by atoms with Gasteiger partial charge in [0.2, 0.25) is 0 Å². The minimum absolute atomic E-state index is 0.225. The van der Waals surface area contributed by atoms with E-state index in [0.29, 0.717) is 0 Å². The molecule has 76 heavy (non-hydrogen) atoms. The topological polar surface area (TPSA) is 29.5 Å². The van der Waals surface area contributed by atoms with Crippen molar-refractivity contribution in [1.29, 1.82) is 0 Å². The molecular formula is C73H53NO2. The maximum absolute atomic E-state index is 7.09. The van der Waals surface area contributed by atoms with E-state index in [-0.39, 0.29) is 16.2 Å². The second-order valence-electron chi connectivity index (χ2n) is 23.1. The number of hydrogen-bond donors (Lipinski definition) is 0. The lowest BCUT2D eigenvalue weighted by atomic mass is 9.72. The molecule has 2 heterocycles. The summed E-state index contributed by atoms with van der Waals surface area (Å²) in [5.74, 6) is 0. The van der Waals surface area contributed by atoms with Gasteiger partial charge < -0.3 is 13.7 Å². The second kappa shape index (κ2) is 15.1. The van der Waals surface area contributed by atoms with Gasteiger partial charge in [-0.25, -0.2) is 0 Å². The van der Waals surface area contributed by atoms with Crippen LogP contribution < -0.4 is 4.90 Å². The predicted molar refractivity (Wildman–Crippen MR) is 317 cm³/mol. The van der Waals surface area contributed by atoms with Crippen LogP contribution in [0.1, 0.15) is 74.9 Å². The molecular weight excluding hydrogens is 923 g/mol. The number of anilines is 3. The molecule has 362 valence electrons. The molecule has 0 fully saturated rings. The summed E-state index contributed by atoms with van der Waals surface area (Å²) in [5, 5.41) is 7.13. The van der Waals surface area contributed by atoms with Crippen LogP contribution in [0.15, 0.2) is 221 Å². The van der Waals surface area contributed by atoms with E-state index in [1.165, 1.54) is 105 Å². The smallest absolute Gasteiger partial charge is 0.144 e. The highest BCUT2D eigenvalue weighted by molar-refractivity contribution is 6.22. The summed E-state index contributed by atoms with van der Waals surface area (Å²) in [6, 6.07) is 78.3. The van der Waals surface area contributed by atoms with E-state index in [1.54, 1.807) is 0 Å². The highest BCUT2D eigenvalue weighted by Gasteiger charge is 2.49. The SMILES string of the molecule is CC1(C)c2cc(N(c3ccc4c(c3)C(C)(C)c3c5c(c6c(oc7ccccc76)c3-4)-c3ccccc3C5(C)C)c3ccc4ccccc4c3)ccc2-c2c1cc(-c1ccccc1-c1ccccc1)c1oc3ccccc3c21. The zero-order valence-electron chi connectivity index (χ0n) is 43.5. The molecule has 0 spiro atoms. The van der Waals surface area contributed by atoms with Gasteiger partial charge in [0.05, 0.1) is 0 Å². The molecule has 3 heteroatoms. The molecule has 0 N–H and O–H groups in total. The maximum atomic E-state index is 7.09. The maximum Gasteiger partial charge on any atom is 0.144 e. The molecule has 3 aliphatic carbocycles. The van der Waals surface area contributed by atoms with Gasteiger partial charge in [-0.05, 0) is 143 Å². The van der Waals surface area contributed by atoms with Crippen molar-refractivity contribution >= 4 is 71.7 Å². The van der Waals surface area contributed by atoms with Crippen molar-refractivity contribution in [2.24, 2.45) is 0 Å². The van der Waals surface area contributed by atoms with Gasteiger partial charge >= 0.3 is 0 Å². The molecule has 0 atom stereocenters. The molecule has 0 saturated heterocycles. The fraction of sp³-hybridized carbons (Fsp3) is 0.123. The largest absolute Gasteiger partial charge is 0.455 e. The van der Waals surface area contributed by atoms with E-state index in [2.05, 4.69) is 259 Å². The van der Waals surface area contributed by atoms with E-state index in [1.807, 2.05) is 0 Å². The van der Waals surface area contributed by atoms with Crippen LogP contribution in [0.2, 0.25) is 0 Å². The summed E-state index contributed by atoms with van der Waals surface area (Å²) in [6.45, 7) is 14.6. The number of hydrogen-bond acceptors (Lipinski definition) is 3. The van der Waals surface area contributed by atoms with Crippen LogP contribution in [0, 0.1) is 0 Å².